The Morgan fingerprint density at radius 2 is 1.61 bits per heavy atom. The summed E-state index contributed by atoms with van der Waals surface area (Å²) < 4.78 is 0. The van der Waals surface area contributed by atoms with Crippen LogP contribution in [0.1, 0.15) is 49.8 Å². The SMILES string of the molecule is CCCCNC(=O)C(C)CC(O)C(Cc1ccccc1)NC(=O)C1=Cc2ccccc2Nc2ccccc21. The number of anilines is 2. The van der Waals surface area contributed by atoms with Gasteiger partial charge in [-0.05, 0) is 48.6 Å². The van der Waals surface area contributed by atoms with Crippen LogP contribution in [0, 0.1) is 5.92 Å². The molecule has 0 saturated carbocycles. The molecular formula is C32H37N3O3. The maximum absolute atomic E-state index is 13.8. The first-order valence-corrected chi connectivity index (χ1v) is 13.4. The van der Waals surface area contributed by atoms with E-state index < -0.39 is 12.1 Å². The fourth-order valence-corrected chi connectivity index (χ4v) is 4.72. The lowest BCUT2D eigenvalue weighted by molar-refractivity contribution is -0.125. The van der Waals surface area contributed by atoms with Crippen LogP contribution in [0.15, 0.2) is 78.9 Å². The van der Waals surface area contributed by atoms with E-state index in [0.29, 0.717) is 18.5 Å². The average Bonchev–Trinajstić information content (AvgIpc) is 3.10. The van der Waals surface area contributed by atoms with Gasteiger partial charge in [-0.25, -0.2) is 0 Å². The molecule has 4 rings (SSSR count). The lowest BCUT2D eigenvalue weighted by Crippen LogP contribution is -2.46. The van der Waals surface area contributed by atoms with E-state index in [0.717, 1.165) is 40.9 Å². The zero-order valence-electron chi connectivity index (χ0n) is 22.1. The summed E-state index contributed by atoms with van der Waals surface area (Å²) in [6, 6.07) is 24.8. The molecule has 1 aliphatic heterocycles. The van der Waals surface area contributed by atoms with Crippen LogP contribution in [0.4, 0.5) is 11.4 Å². The highest BCUT2D eigenvalue weighted by Gasteiger charge is 2.28. The Bertz CT molecular complexity index is 1270. The number of carbonyl (C=O) groups excluding carboxylic acids is 2. The molecule has 0 radical (unpaired) electrons. The molecule has 2 amide bonds. The predicted molar refractivity (Wildman–Crippen MR) is 154 cm³/mol. The van der Waals surface area contributed by atoms with Gasteiger partial charge in [0.25, 0.3) is 5.91 Å². The number of para-hydroxylation sites is 2. The standard InChI is InChI=1S/C32H37N3O3/c1-3-4-18-33-31(37)22(2)19-30(36)29(20-23-12-6-5-7-13-23)35-32(38)26-21-24-14-8-10-16-27(24)34-28-17-11-9-15-25(26)28/h5-17,21-22,29-30,34,36H,3-4,18-20H2,1-2H3,(H,33,37)(H,35,38). The van der Waals surface area contributed by atoms with Gasteiger partial charge < -0.3 is 21.1 Å². The maximum atomic E-state index is 13.8. The molecule has 0 fully saturated rings. The van der Waals surface area contributed by atoms with Crippen LogP contribution in [-0.2, 0) is 16.0 Å². The molecule has 3 aromatic rings. The van der Waals surface area contributed by atoms with Gasteiger partial charge in [-0.2, -0.15) is 0 Å². The average molecular weight is 512 g/mol. The van der Waals surface area contributed by atoms with E-state index >= 15 is 0 Å². The zero-order valence-corrected chi connectivity index (χ0v) is 22.1. The Kier molecular flexibility index (Phi) is 9.33. The van der Waals surface area contributed by atoms with Gasteiger partial charge in [0.05, 0.1) is 12.1 Å². The molecule has 0 spiro atoms. The monoisotopic (exact) mass is 511 g/mol. The summed E-state index contributed by atoms with van der Waals surface area (Å²) in [5.74, 6) is -0.729. The smallest absolute Gasteiger partial charge is 0.252 e. The number of benzene rings is 3. The van der Waals surface area contributed by atoms with E-state index in [2.05, 4.69) is 22.9 Å². The molecule has 6 nitrogen and oxygen atoms in total. The number of unbranched alkanes of at least 4 members (excludes halogenated alkanes) is 1. The third kappa shape index (κ3) is 6.90. The van der Waals surface area contributed by atoms with Gasteiger partial charge in [0.15, 0.2) is 0 Å². The minimum atomic E-state index is -0.905. The molecule has 0 aromatic heterocycles. The van der Waals surface area contributed by atoms with E-state index in [1.807, 2.05) is 91.9 Å². The Balaban J connectivity index is 1.58. The molecule has 6 heteroatoms. The number of fused-ring (bicyclic) bond motifs is 2. The Morgan fingerprint density at radius 1 is 0.921 bits per heavy atom. The lowest BCUT2D eigenvalue weighted by Gasteiger charge is -2.27. The molecule has 198 valence electrons. The molecule has 0 bridgehead atoms. The molecule has 0 aliphatic carbocycles. The van der Waals surface area contributed by atoms with Crippen LogP contribution in [0.5, 0.6) is 0 Å². The topological polar surface area (TPSA) is 90.5 Å². The normalized spacial score (nSPS) is 14.4. The van der Waals surface area contributed by atoms with Crippen molar-refractivity contribution in [3.8, 4) is 0 Å². The molecule has 38 heavy (non-hydrogen) atoms. The molecule has 1 heterocycles. The highest BCUT2D eigenvalue weighted by molar-refractivity contribution is 6.26. The number of rotatable bonds is 11. The molecule has 1 aliphatic rings. The van der Waals surface area contributed by atoms with Crippen LogP contribution in [0.2, 0.25) is 0 Å². The Labute approximate surface area is 225 Å². The largest absolute Gasteiger partial charge is 0.391 e. The maximum Gasteiger partial charge on any atom is 0.252 e. The van der Waals surface area contributed by atoms with Gasteiger partial charge in [0, 0.05) is 35.0 Å². The first-order chi connectivity index (χ1) is 18.5. The minimum absolute atomic E-state index is 0.0784. The summed E-state index contributed by atoms with van der Waals surface area (Å²) >= 11 is 0. The number of amides is 2. The van der Waals surface area contributed by atoms with E-state index in [1.54, 1.807) is 0 Å². The Hall–Kier alpha value is -3.90. The Morgan fingerprint density at radius 3 is 2.37 bits per heavy atom. The number of aliphatic hydroxyl groups excluding tert-OH is 1. The molecular weight excluding hydrogens is 474 g/mol. The second-order valence-electron chi connectivity index (χ2n) is 9.93. The second-order valence-corrected chi connectivity index (χ2v) is 9.93. The van der Waals surface area contributed by atoms with Gasteiger partial charge >= 0.3 is 0 Å². The first-order valence-electron chi connectivity index (χ1n) is 13.4. The van der Waals surface area contributed by atoms with Gasteiger partial charge in [0.2, 0.25) is 5.91 Å². The highest BCUT2D eigenvalue weighted by Crippen LogP contribution is 2.35. The second kappa shape index (κ2) is 13.1. The van der Waals surface area contributed by atoms with E-state index in [4.69, 9.17) is 0 Å². The van der Waals surface area contributed by atoms with Crippen LogP contribution in [-0.4, -0.2) is 35.6 Å². The summed E-state index contributed by atoms with van der Waals surface area (Å²) in [7, 11) is 0. The van der Waals surface area contributed by atoms with E-state index in [-0.39, 0.29) is 24.2 Å². The molecule has 0 saturated heterocycles. The van der Waals surface area contributed by atoms with Crippen molar-refractivity contribution in [2.45, 2.75) is 51.7 Å². The number of carbonyl (C=O) groups is 2. The predicted octanol–water partition coefficient (Wildman–Crippen LogP) is 5.32. The third-order valence-corrected chi connectivity index (χ3v) is 6.94. The fourth-order valence-electron chi connectivity index (χ4n) is 4.72. The van der Waals surface area contributed by atoms with Gasteiger partial charge in [-0.3, -0.25) is 9.59 Å². The van der Waals surface area contributed by atoms with Crippen molar-refractivity contribution >= 4 is 34.8 Å². The third-order valence-electron chi connectivity index (χ3n) is 6.94. The summed E-state index contributed by atoms with van der Waals surface area (Å²) in [5.41, 5.74) is 4.99. The molecule has 3 aromatic carbocycles. The highest BCUT2D eigenvalue weighted by atomic mass is 16.3. The fraction of sp³-hybridized carbons (Fsp3) is 0.312. The minimum Gasteiger partial charge on any atom is -0.391 e. The molecule has 4 N–H and O–H groups in total. The van der Waals surface area contributed by atoms with Gasteiger partial charge in [0.1, 0.15) is 0 Å². The zero-order chi connectivity index (χ0) is 26.9. The summed E-state index contributed by atoms with van der Waals surface area (Å²) in [5, 5.41) is 20.8. The molecule has 3 atom stereocenters. The number of nitrogens with one attached hydrogen (secondary N) is 3. The van der Waals surface area contributed by atoms with E-state index in [9.17, 15) is 14.7 Å². The van der Waals surface area contributed by atoms with Gasteiger partial charge in [-0.1, -0.05) is 87.0 Å². The summed E-state index contributed by atoms with van der Waals surface area (Å²) in [6.45, 7) is 4.52. The van der Waals surface area contributed by atoms with Crippen LogP contribution < -0.4 is 16.0 Å². The van der Waals surface area contributed by atoms with Crippen molar-refractivity contribution in [1.29, 1.82) is 0 Å². The van der Waals surface area contributed by atoms with Crippen molar-refractivity contribution in [3.05, 3.63) is 95.6 Å². The van der Waals surface area contributed by atoms with Crippen molar-refractivity contribution in [2.75, 3.05) is 11.9 Å². The van der Waals surface area contributed by atoms with Crippen molar-refractivity contribution in [1.82, 2.24) is 10.6 Å². The van der Waals surface area contributed by atoms with Crippen molar-refractivity contribution in [2.24, 2.45) is 5.92 Å². The lowest BCUT2D eigenvalue weighted by atomic mass is 9.93. The molecule has 3 unspecified atom stereocenters. The van der Waals surface area contributed by atoms with Crippen LogP contribution in [0.25, 0.3) is 11.6 Å². The number of hydrogen-bond donors (Lipinski definition) is 4. The quantitative estimate of drug-likeness (QED) is 0.263. The first kappa shape index (κ1) is 27.1. The van der Waals surface area contributed by atoms with Crippen molar-refractivity contribution in [3.63, 3.8) is 0 Å². The number of aliphatic hydroxyl groups is 1. The number of hydrogen-bond acceptors (Lipinski definition) is 4. The van der Waals surface area contributed by atoms with Crippen LogP contribution >= 0.6 is 0 Å². The van der Waals surface area contributed by atoms with Gasteiger partial charge in [-0.15, -0.1) is 0 Å². The van der Waals surface area contributed by atoms with Crippen LogP contribution in [0.3, 0.4) is 0 Å². The van der Waals surface area contributed by atoms with Crippen molar-refractivity contribution < 1.29 is 14.7 Å². The summed E-state index contributed by atoms with van der Waals surface area (Å²) in [6.07, 6.45) is 3.60. The van der Waals surface area contributed by atoms with E-state index in [1.165, 1.54) is 0 Å². The summed E-state index contributed by atoms with van der Waals surface area (Å²) in [4.78, 5) is 26.4.